The van der Waals surface area contributed by atoms with Crippen LogP contribution < -0.4 is 5.32 Å². The summed E-state index contributed by atoms with van der Waals surface area (Å²) in [5, 5.41) is 3.67. The minimum atomic E-state index is -4.53. The third-order valence-corrected chi connectivity index (χ3v) is 8.67. The van der Waals surface area contributed by atoms with Crippen LogP contribution in [0.3, 0.4) is 0 Å². The van der Waals surface area contributed by atoms with Gasteiger partial charge in [-0.15, -0.1) is 0 Å². The molecular formula is C29H35F3N2O3. The molecular weight excluding hydrogens is 481 g/mol. The quantitative estimate of drug-likeness (QED) is 0.455. The standard InChI is InChI=1S/C29H35F3N2O3/c1-17-6-10-21(11-7-17)33-25-13-9-18-14-19(8-12-24(18)26(25)29(30,31)32)27(35)34-22-4-3-5-23(34)16-20(15-22)28(36)37-2/h8-9,12-14,17,20-23,33H,3-7,10-11,15-16H2,1-2H3/t17-,20?,21+,22?,23?. The molecule has 3 aliphatic rings. The number of esters is 1. The van der Waals surface area contributed by atoms with Crippen molar-refractivity contribution in [3.05, 3.63) is 41.5 Å². The molecule has 2 bridgehead atoms. The van der Waals surface area contributed by atoms with Crippen molar-refractivity contribution in [2.45, 2.75) is 89.0 Å². The van der Waals surface area contributed by atoms with Crippen LogP contribution in [0.5, 0.6) is 0 Å². The smallest absolute Gasteiger partial charge is 0.418 e. The Labute approximate surface area is 215 Å². The van der Waals surface area contributed by atoms with E-state index in [0.29, 0.717) is 29.7 Å². The lowest BCUT2D eigenvalue weighted by Gasteiger charge is -2.48. The van der Waals surface area contributed by atoms with Crippen molar-refractivity contribution in [1.82, 2.24) is 4.90 Å². The Morgan fingerprint density at radius 3 is 2.27 bits per heavy atom. The molecule has 0 aromatic heterocycles. The highest BCUT2D eigenvalue weighted by molar-refractivity contribution is 6.01. The summed E-state index contributed by atoms with van der Waals surface area (Å²) in [6, 6.07) is 7.65. The first kappa shape index (κ1) is 25.9. The molecule has 2 aromatic carbocycles. The molecule has 1 saturated carbocycles. The number of hydrogen-bond acceptors (Lipinski definition) is 4. The van der Waals surface area contributed by atoms with Crippen LogP contribution in [0, 0.1) is 11.8 Å². The molecule has 8 heteroatoms. The molecule has 2 heterocycles. The van der Waals surface area contributed by atoms with Crippen molar-refractivity contribution in [3.8, 4) is 0 Å². The van der Waals surface area contributed by atoms with Crippen LogP contribution in [0.1, 0.15) is 80.6 Å². The van der Waals surface area contributed by atoms with E-state index in [1.165, 1.54) is 25.3 Å². The van der Waals surface area contributed by atoms with Gasteiger partial charge in [-0.1, -0.05) is 19.1 Å². The summed E-state index contributed by atoms with van der Waals surface area (Å²) < 4.78 is 47.8. The van der Waals surface area contributed by atoms with Crippen molar-refractivity contribution in [2.24, 2.45) is 11.8 Å². The molecule has 1 aliphatic carbocycles. The number of nitrogens with zero attached hydrogens (tertiary/aromatic N) is 1. The number of ether oxygens (including phenoxy) is 1. The zero-order valence-corrected chi connectivity index (χ0v) is 21.4. The van der Waals surface area contributed by atoms with Gasteiger partial charge in [0, 0.05) is 29.4 Å². The number of fused-ring (bicyclic) bond motifs is 3. The van der Waals surface area contributed by atoms with Gasteiger partial charge < -0.3 is 15.0 Å². The SMILES string of the molecule is COC(=O)C1CC2CCCC(C1)N2C(=O)c1ccc2c(C(F)(F)F)c(N[C@H]3CC[C@@H](C)CC3)ccc2c1. The number of carbonyl (C=O) groups is 2. The maximum atomic E-state index is 14.3. The van der Waals surface area contributed by atoms with Crippen LogP contribution in [-0.4, -0.2) is 42.0 Å². The van der Waals surface area contributed by atoms with Crippen molar-refractivity contribution in [1.29, 1.82) is 0 Å². The van der Waals surface area contributed by atoms with Crippen LogP contribution in [0.2, 0.25) is 0 Å². The van der Waals surface area contributed by atoms with E-state index in [2.05, 4.69) is 12.2 Å². The first-order valence-electron chi connectivity index (χ1n) is 13.5. The fourth-order valence-electron chi connectivity index (χ4n) is 6.73. The number of methoxy groups -OCH3 is 1. The molecule has 2 aliphatic heterocycles. The topological polar surface area (TPSA) is 58.6 Å². The molecule has 5 rings (SSSR count). The van der Waals surface area contributed by atoms with E-state index >= 15 is 0 Å². The number of anilines is 1. The van der Waals surface area contributed by atoms with Crippen LogP contribution >= 0.6 is 0 Å². The van der Waals surface area contributed by atoms with E-state index in [9.17, 15) is 22.8 Å². The molecule has 1 N–H and O–H groups in total. The minimum Gasteiger partial charge on any atom is -0.469 e. The summed E-state index contributed by atoms with van der Waals surface area (Å²) in [7, 11) is 1.39. The molecule has 2 unspecified atom stereocenters. The Bertz CT molecular complexity index is 1160. The number of hydrogen-bond donors (Lipinski definition) is 1. The number of alkyl halides is 3. The summed E-state index contributed by atoms with van der Waals surface area (Å²) in [6.45, 7) is 2.18. The van der Waals surface area contributed by atoms with Crippen LogP contribution in [0.25, 0.3) is 10.8 Å². The molecule has 2 atom stereocenters. The summed E-state index contributed by atoms with van der Waals surface area (Å²) >= 11 is 0. The van der Waals surface area contributed by atoms with Crippen molar-refractivity contribution in [2.75, 3.05) is 12.4 Å². The van der Waals surface area contributed by atoms with Gasteiger partial charge in [-0.25, -0.2) is 0 Å². The molecule has 2 aromatic rings. The fourth-order valence-corrected chi connectivity index (χ4v) is 6.73. The normalized spacial score (nSPS) is 28.1. The van der Waals surface area contributed by atoms with Crippen molar-refractivity contribution >= 4 is 28.3 Å². The van der Waals surface area contributed by atoms with Gasteiger partial charge in [-0.2, -0.15) is 13.2 Å². The molecule has 200 valence electrons. The van der Waals surface area contributed by atoms with E-state index in [0.717, 1.165) is 44.9 Å². The first-order chi connectivity index (χ1) is 17.7. The second-order valence-corrected chi connectivity index (χ2v) is 11.2. The monoisotopic (exact) mass is 516 g/mol. The lowest BCUT2D eigenvalue weighted by atomic mass is 9.78. The van der Waals surface area contributed by atoms with Gasteiger partial charge in [0.15, 0.2) is 0 Å². The zero-order valence-electron chi connectivity index (χ0n) is 21.4. The third kappa shape index (κ3) is 5.16. The van der Waals surface area contributed by atoms with Gasteiger partial charge in [0.1, 0.15) is 0 Å². The van der Waals surface area contributed by atoms with Gasteiger partial charge in [0.2, 0.25) is 0 Å². The summed E-state index contributed by atoms with van der Waals surface area (Å²) in [6.07, 6.45) is 2.97. The first-order valence-corrected chi connectivity index (χ1v) is 13.5. The van der Waals surface area contributed by atoms with E-state index < -0.39 is 11.7 Å². The highest BCUT2D eigenvalue weighted by Crippen LogP contribution is 2.42. The Hall–Kier alpha value is -2.77. The molecule has 2 saturated heterocycles. The lowest BCUT2D eigenvalue weighted by Crippen LogP contribution is -2.55. The number of carbonyl (C=O) groups excluding carboxylic acids is 2. The Balaban J connectivity index is 1.43. The van der Waals surface area contributed by atoms with Crippen molar-refractivity contribution in [3.63, 3.8) is 0 Å². The van der Waals surface area contributed by atoms with Crippen LogP contribution in [-0.2, 0) is 15.7 Å². The molecule has 0 radical (unpaired) electrons. The van der Waals surface area contributed by atoms with E-state index in [4.69, 9.17) is 4.74 Å². The molecule has 37 heavy (non-hydrogen) atoms. The number of halogens is 3. The second-order valence-electron chi connectivity index (χ2n) is 11.2. The fraction of sp³-hybridized carbons (Fsp3) is 0.586. The summed E-state index contributed by atoms with van der Waals surface area (Å²) in [5.41, 5.74) is -0.174. The predicted octanol–water partition coefficient (Wildman–Crippen LogP) is 6.80. The van der Waals surface area contributed by atoms with Gasteiger partial charge >= 0.3 is 12.1 Å². The molecule has 0 spiro atoms. The number of amides is 1. The second kappa shape index (κ2) is 10.2. The van der Waals surface area contributed by atoms with Gasteiger partial charge in [-0.3, -0.25) is 9.59 Å². The lowest BCUT2D eigenvalue weighted by molar-refractivity contribution is -0.149. The predicted molar refractivity (Wildman–Crippen MR) is 136 cm³/mol. The summed E-state index contributed by atoms with van der Waals surface area (Å²) in [4.78, 5) is 27.6. The van der Waals surface area contributed by atoms with Gasteiger partial charge in [-0.05, 0) is 92.7 Å². The summed E-state index contributed by atoms with van der Waals surface area (Å²) in [5.74, 6) is -0.0133. The number of rotatable bonds is 4. The van der Waals surface area contributed by atoms with E-state index in [-0.39, 0.29) is 47.0 Å². The minimum absolute atomic E-state index is 0.0305. The van der Waals surface area contributed by atoms with Gasteiger partial charge in [0.05, 0.1) is 18.6 Å². The van der Waals surface area contributed by atoms with Crippen LogP contribution in [0.15, 0.2) is 30.3 Å². The maximum absolute atomic E-state index is 14.3. The Morgan fingerprint density at radius 1 is 0.973 bits per heavy atom. The highest BCUT2D eigenvalue weighted by atomic mass is 19.4. The Morgan fingerprint density at radius 2 is 1.65 bits per heavy atom. The number of piperidine rings is 2. The van der Waals surface area contributed by atoms with Crippen molar-refractivity contribution < 1.29 is 27.5 Å². The average Bonchev–Trinajstić information content (AvgIpc) is 2.87. The zero-order chi connectivity index (χ0) is 26.3. The van der Waals surface area contributed by atoms with E-state index in [1.54, 1.807) is 12.1 Å². The van der Waals surface area contributed by atoms with Crippen LogP contribution in [0.4, 0.5) is 18.9 Å². The number of benzene rings is 2. The Kier molecular flexibility index (Phi) is 7.12. The highest BCUT2D eigenvalue weighted by Gasteiger charge is 2.43. The maximum Gasteiger partial charge on any atom is 0.418 e. The molecule has 1 amide bonds. The van der Waals surface area contributed by atoms with E-state index in [1.807, 2.05) is 4.90 Å². The average molecular weight is 517 g/mol. The van der Waals surface area contributed by atoms with Gasteiger partial charge in [0.25, 0.3) is 5.91 Å². The number of nitrogens with one attached hydrogen (secondary N) is 1. The largest absolute Gasteiger partial charge is 0.469 e. The third-order valence-electron chi connectivity index (χ3n) is 8.67. The molecule has 5 nitrogen and oxygen atoms in total. The molecule has 3 fully saturated rings.